The van der Waals surface area contributed by atoms with Gasteiger partial charge in [-0.15, -0.1) is 0 Å². The summed E-state index contributed by atoms with van der Waals surface area (Å²) in [6.07, 6.45) is 4.10. The average Bonchev–Trinajstić information content (AvgIpc) is 3.19. The molecule has 6 nitrogen and oxygen atoms in total. The van der Waals surface area contributed by atoms with Crippen molar-refractivity contribution < 1.29 is 9.90 Å². The molecule has 1 aliphatic rings. The van der Waals surface area contributed by atoms with E-state index < -0.39 is 5.97 Å². The van der Waals surface area contributed by atoms with Crippen molar-refractivity contribution in [3.05, 3.63) is 88.7 Å². The number of carboxylic acids is 1. The van der Waals surface area contributed by atoms with Crippen molar-refractivity contribution in [2.75, 3.05) is 17.2 Å². The number of benzene rings is 2. The summed E-state index contributed by atoms with van der Waals surface area (Å²) in [6, 6.07) is 16.8. The smallest absolute Gasteiger partial charge is 0.337 e. The predicted octanol–water partition coefficient (Wildman–Crippen LogP) is 4.21. The molecule has 0 amide bonds. The highest BCUT2D eigenvalue weighted by molar-refractivity contribution is 5.93. The maximum Gasteiger partial charge on any atom is 0.337 e. The third kappa shape index (κ3) is 4.44. The van der Waals surface area contributed by atoms with Crippen LogP contribution in [0, 0.1) is 0 Å². The van der Waals surface area contributed by atoms with Crippen LogP contribution in [0.25, 0.3) is 0 Å². The van der Waals surface area contributed by atoms with Gasteiger partial charge in [-0.2, -0.15) is 0 Å². The van der Waals surface area contributed by atoms with Crippen LogP contribution in [0.5, 0.6) is 0 Å². The topological polar surface area (TPSA) is 86.3 Å². The maximum atomic E-state index is 11.4. The Balaban J connectivity index is 1.38. The molecule has 30 heavy (non-hydrogen) atoms. The van der Waals surface area contributed by atoms with Gasteiger partial charge in [0.15, 0.2) is 0 Å². The first-order valence-electron chi connectivity index (χ1n) is 10.2. The SMILES string of the molecule is CCc1ccc(CNc2ccc3c(c2)CN[C@@H]3CNc2cnccc2C(=O)O)cc1. The van der Waals surface area contributed by atoms with E-state index in [4.69, 9.17) is 0 Å². The fourth-order valence-corrected chi connectivity index (χ4v) is 3.76. The first-order valence-corrected chi connectivity index (χ1v) is 10.2. The molecule has 2 heterocycles. The summed E-state index contributed by atoms with van der Waals surface area (Å²) in [5, 5.41) is 19.5. The fraction of sp³-hybridized carbons (Fsp3) is 0.250. The predicted molar refractivity (Wildman–Crippen MR) is 119 cm³/mol. The van der Waals surface area contributed by atoms with Crippen molar-refractivity contribution in [3.8, 4) is 0 Å². The van der Waals surface area contributed by atoms with Crippen molar-refractivity contribution in [1.29, 1.82) is 0 Å². The highest BCUT2D eigenvalue weighted by Gasteiger charge is 2.22. The maximum absolute atomic E-state index is 11.4. The van der Waals surface area contributed by atoms with Crippen LogP contribution in [0.3, 0.4) is 0 Å². The molecule has 4 rings (SSSR count). The van der Waals surface area contributed by atoms with Crippen LogP contribution >= 0.6 is 0 Å². The lowest BCUT2D eigenvalue weighted by molar-refractivity contribution is 0.0698. The van der Waals surface area contributed by atoms with Gasteiger partial charge in [0.1, 0.15) is 0 Å². The lowest BCUT2D eigenvalue weighted by atomic mass is 10.0. The number of hydrogen-bond donors (Lipinski definition) is 4. The molecule has 6 heteroatoms. The summed E-state index contributed by atoms with van der Waals surface area (Å²) in [4.78, 5) is 15.4. The van der Waals surface area contributed by atoms with Gasteiger partial charge in [0.2, 0.25) is 0 Å². The molecule has 4 N–H and O–H groups in total. The first kappa shape index (κ1) is 19.9. The summed E-state index contributed by atoms with van der Waals surface area (Å²) in [7, 11) is 0. The molecule has 0 radical (unpaired) electrons. The van der Waals surface area contributed by atoms with Gasteiger partial charge >= 0.3 is 5.97 Å². The summed E-state index contributed by atoms with van der Waals surface area (Å²) >= 11 is 0. The van der Waals surface area contributed by atoms with Gasteiger partial charge in [-0.25, -0.2) is 4.79 Å². The summed E-state index contributed by atoms with van der Waals surface area (Å²) in [6.45, 7) is 4.34. The normalized spacial score (nSPS) is 14.9. The minimum atomic E-state index is -0.959. The van der Waals surface area contributed by atoms with E-state index in [-0.39, 0.29) is 11.6 Å². The second-order valence-electron chi connectivity index (χ2n) is 7.48. The molecular weight excluding hydrogens is 376 g/mol. The minimum absolute atomic E-state index is 0.123. The molecule has 3 aromatic rings. The Labute approximate surface area is 176 Å². The minimum Gasteiger partial charge on any atom is -0.478 e. The van der Waals surface area contributed by atoms with E-state index in [0.717, 1.165) is 25.2 Å². The van der Waals surface area contributed by atoms with Crippen molar-refractivity contribution in [2.45, 2.75) is 32.5 Å². The molecule has 154 valence electrons. The van der Waals surface area contributed by atoms with Gasteiger partial charge in [0, 0.05) is 31.5 Å². The average molecular weight is 402 g/mol. The number of rotatable bonds is 8. The second kappa shape index (κ2) is 8.97. The number of nitrogens with one attached hydrogen (secondary N) is 3. The highest BCUT2D eigenvalue weighted by atomic mass is 16.4. The standard InChI is InChI=1S/C24H26N4O2/c1-2-16-3-5-17(6-4-16)12-26-19-7-8-20-18(11-19)13-27-23(20)15-28-22-14-25-10-9-21(22)24(29)30/h3-11,14,23,26-28H,2,12-13,15H2,1H3,(H,29,30)/t23-/m1/s1. The summed E-state index contributed by atoms with van der Waals surface area (Å²) in [5.74, 6) is -0.959. The van der Waals surface area contributed by atoms with Crippen LogP contribution in [0.2, 0.25) is 0 Å². The van der Waals surface area contributed by atoms with E-state index in [1.807, 2.05) is 0 Å². The number of anilines is 2. The molecule has 1 aromatic heterocycles. The molecular formula is C24H26N4O2. The van der Waals surface area contributed by atoms with E-state index in [2.05, 4.69) is 70.3 Å². The molecule has 0 bridgehead atoms. The lowest BCUT2D eigenvalue weighted by Crippen LogP contribution is -2.22. The number of carbonyl (C=O) groups is 1. The van der Waals surface area contributed by atoms with Gasteiger partial charge in [0.25, 0.3) is 0 Å². The first-order chi connectivity index (χ1) is 14.6. The van der Waals surface area contributed by atoms with Crippen molar-refractivity contribution in [2.24, 2.45) is 0 Å². The van der Waals surface area contributed by atoms with E-state index >= 15 is 0 Å². The Morgan fingerprint density at radius 2 is 1.93 bits per heavy atom. The zero-order chi connectivity index (χ0) is 20.9. The largest absolute Gasteiger partial charge is 0.478 e. The Bertz CT molecular complexity index is 1030. The van der Waals surface area contributed by atoms with E-state index in [0.29, 0.717) is 12.2 Å². The summed E-state index contributed by atoms with van der Waals surface area (Å²) in [5.41, 5.74) is 6.98. The number of pyridine rings is 1. The van der Waals surface area contributed by atoms with Gasteiger partial charge < -0.3 is 21.1 Å². The Kier molecular flexibility index (Phi) is 5.95. The third-order valence-electron chi connectivity index (χ3n) is 5.53. The number of aromatic nitrogens is 1. The third-order valence-corrected chi connectivity index (χ3v) is 5.53. The molecule has 1 aliphatic heterocycles. The van der Waals surface area contributed by atoms with Crippen LogP contribution < -0.4 is 16.0 Å². The molecule has 1 atom stereocenters. The molecule has 0 saturated carbocycles. The van der Waals surface area contributed by atoms with Crippen LogP contribution in [0.4, 0.5) is 11.4 Å². The Morgan fingerprint density at radius 1 is 1.13 bits per heavy atom. The van der Waals surface area contributed by atoms with E-state index in [1.54, 1.807) is 6.20 Å². The molecule has 0 fully saturated rings. The number of aryl methyl sites for hydroxylation is 1. The molecule has 2 aromatic carbocycles. The van der Waals surface area contributed by atoms with Gasteiger partial charge in [-0.05, 0) is 46.9 Å². The highest BCUT2D eigenvalue weighted by Crippen LogP contribution is 2.28. The zero-order valence-electron chi connectivity index (χ0n) is 17.0. The number of fused-ring (bicyclic) bond motifs is 1. The van der Waals surface area contributed by atoms with Crippen LogP contribution in [0.1, 0.15) is 45.6 Å². The van der Waals surface area contributed by atoms with Crippen LogP contribution in [0.15, 0.2) is 60.9 Å². The Morgan fingerprint density at radius 3 is 2.70 bits per heavy atom. The Hall–Kier alpha value is -3.38. The van der Waals surface area contributed by atoms with Crippen molar-refractivity contribution >= 4 is 17.3 Å². The van der Waals surface area contributed by atoms with Crippen LogP contribution in [-0.4, -0.2) is 22.6 Å². The van der Waals surface area contributed by atoms with Crippen LogP contribution in [-0.2, 0) is 19.5 Å². The lowest BCUT2D eigenvalue weighted by Gasteiger charge is -2.16. The number of carboxylic acid groups (broad SMARTS) is 1. The molecule has 0 saturated heterocycles. The monoisotopic (exact) mass is 402 g/mol. The van der Waals surface area contributed by atoms with Gasteiger partial charge in [-0.1, -0.05) is 37.3 Å². The van der Waals surface area contributed by atoms with Gasteiger partial charge in [0.05, 0.1) is 23.5 Å². The fourth-order valence-electron chi connectivity index (χ4n) is 3.76. The summed E-state index contributed by atoms with van der Waals surface area (Å²) < 4.78 is 0. The second-order valence-corrected chi connectivity index (χ2v) is 7.48. The quantitative estimate of drug-likeness (QED) is 0.452. The molecule has 0 unspecified atom stereocenters. The molecule has 0 aliphatic carbocycles. The van der Waals surface area contributed by atoms with Crippen molar-refractivity contribution in [1.82, 2.24) is 10.3 Å². The van der Waals surface area contributed by atoms with E-state index in [1.165, 1.54) is 34.5 Å². The zero-order valence-corrected chi connectivity index (χ0v) is 17.0. The van der Waals surface area contributed by atoms with E-state index in [9.17, 15) is 9.90 Å². The molecule has 0 spiro atoms. The van der Waals surface area contributed by atoms with Crippen molar-refractivity contribution in [3.63, 3.8) is 0 Å². The number of hydrogen-bond acceptors (Lipinski definition) is 5. The number of aromatic carboxylic acids is 1. The van der Waals surface area contributed by atoms with Gasteiger partial charge in [-0.3, -0.25) is 4.98 Å². The number of nitrogens with zero attached hydrogens (tertiary/aromatic N) is 1.